The Morgan fingerprint density at radius 1 is 1.12 bits per heavy atom. The van der Waals surface area contributed by atoms with Crippen molar-refractivity contribution in [1.82, 2.24) is 0 Å². The molecule has 1 N–H and O–H groups in total. The van der Waals surface area contributed by atoms with Crippen LogP contribution < -0.4 is 10.9 Å². The van der Waals surface area contributed by atoms with Gasteiger partial charge in [-0.25, -0.2) is 4.79 Å². The number of alkyl halides is 3. The van der Waals surface area contributed by atoms with Gasteiger partial charge in [-0.2, -0.15) is 13.2 Å². The van der Waals surface area contributed by atoms with Crippen molar-refractivity contribution < 1.29 is 22.4 Å². The van der Waals surface area contributed by atoms with Crippen molar-refractivity contribution in [2.45, 2.75) is 51.6 Å². The number of rotatable bonds is 7. The number of hydrogen-bond acceptors (Lipinski definition) is 3. The van der Waals surface area contributed by atoms with E-state index in [1.54, 1.807) is 0 Å². The van der Waals surface area contributed by atoms with E-state index in [1.165, 1.54) is 18.2 Å². The third kappa shape index (κ3) is 5.34. The molecule has 0 atom stereocenters. The molecule has 4 nitrogen and oxygen atoms in total. The fourth-order valence-corrected chi connectivity index (χ4v) is 2.59. The number of nitrogens with one attached hydrogen (secondary N) is 1. The van der Waals surface area contributed by atoms with Crippen LogP contribution in [0.4, 0.5) is 18.9 Å². The summed E-state index contributed by atoms with van der Waals surface area (Å²) in [4.78, 5) is 23.2. The number of anilines is 1. The summed E-state index contributed by atoms with van der Waals surface area (Å²) in [6.45, 7) is 2.11. The van der Waals surface area contributed by atoms with Crippen LogP contribution >= 0.6 is 0 Å². The van der Waals surface area contributed by atoms with E-state index in [9.17, 15) is 22.8 Å². The third-order valence-electron chi connectivity index (χ3n) is 3.84. The zero-order valence-corrected chi connectivity index (χ0v) is 13.9. The Hall–Kier alpha value is -2.31. The first-order chi connectivity index (χ1) is 11.8. The summed E-state index contributed by atoms with van der Waals surface area (Å²) in [5.41, 5.74) is -2.04. The van der Waals surface area contributed by atoms with Crippen LogP contribution in [0.5, 0.6) is 0 Å². The van der Waals surface area contributed by atoms with Crippen molar-refractivity contribution in [3.8, 4) is 0 Å². The summed E-state index contributed by atoms with van der Waals surface area (Å²) < 4.78 is 43.8. The van der Waals surface area contributed by atoms with Gasteiger partial charge in [0.15, 0.2) is 0 Å². The minimum absolute atomic E-state index is 0.208. The maximum absolute atomic E-state index is 13.0. The van der Waals surface area contributed by atoms with Crippen molar-refractivity contribution in [2.24, 2.45) is 0 Å². The van der Waals surface area contributed by atoms with Gasteiger partial charge in [0.05, 0.1) is 5.56 Å². The molecule has 1 aromatic carbocycles. The van der Waals surface area contributed by atoms with Crippen molar-refractivity contribution >= 4 is 22.6 Å². The van der Waals surface area contributed by atoms with Gasteiger partial charge in [-0.1, -0.05) is 32.6 Å². The number of hydrogen-bond donors (Lipinski definition) is 1. The van der Waals surface area contributed by atoms with E-state index in [4.69, 9.17) is 4.42 Å². The molecule has 0 aliphatic carbocycles. The fourth-order valence-electron chi connectivity index (χ4n) is 2.59. The number of halogens is 3. The summed E-state index contributed by atoms with van der Waals surface area (Å²) in [6.07, 6.45) is 0.730. The summed E-state index contributed by atoms with van der Waals surface area (Å²) in [5, 5.41) is 2.40. The van der Waals surface area contributed by atoms with Crippen LogP contribution in [0, 0.1) is 0 Å². The van der Waals surface area contributed by atoms with Gasteiger partial charge in [0.2, 0.25) is 5.91 Å². The van der Waals surface area contributed by atoms with E-state index in [1.807, 2.05) is 0 Å². The maximum atomic E-state index is 13.0. The van der Waals surface area contributed by atoms with Crippen LogP contribution in [-0.4, -0.2) is 5.91 Å². The molecule has 1 aromatic heterocycles. The number of carbonyl (C=O) groups excluding carboxylic acids is 1. The smallest absolute Gasteiger partial charge is 0.417 e. The van der Waals surface area contributed by atoms with Crippen molar-refractivity contribution in [1.29, 1.82) is 0 Å². The average Bonchev–Trinajstić information content (AvgIpc) is 2.52. The first-order valence-electron chi connectivity index (χ1n) is 8.26. The van der Waals surface area contributed by atoms with E-state index < -0.39 is 17.4 Å². The Balaban J connectivity index is 2.11. The van der Waals surface area contributed by atoms with Crippen LogP contribution in [0.1, 0.15) is 51.0 Å². The highest BCUT2D eigenvalue weighted by Crippen LogP contribution is 2.34. The molecule has 0 saturated heterocycles. The monoisotopic (exact) mass is 355 g/mol. The van der Waals surface area contributed by atoms with Gasteiger partial charge in [0.1, 0.15) is 5.58 Å². The maximum Gasteiger partial charge on any atom is 0.417 e. The molecule has 0 aliphatic heterocycles. The second kappa shape index (κ2) is 8.18. The molecular weight excluding hydrogens is 335 g/mol. The Morgan fingerprint density at radius 2 is 1.84 bits per heavy atom. The molecule has 1 heterocycles. The highest BCUT2D eigenvalue weighted by atomic mass is 19.4. The summed E-state index contributed by atoms with van der Waals surface area (Å²) >= 11 is 0. The zero-order valence-electron chi connectivity index (χ0n) is 13.9. The first kappa shape index (κ1) is 19.0. The molecule has 0 spiro atoms. The normalized spacial score (nSPS) is 11.7. The van der Waals surface area contributed by atoms with Crippen LogP contribution in [0.25, 0.3) is 11.0 Å². The van der Waals surface area contributed by atoms with Gasteiger partial charge in [0, 0.05) is 29.6 Å². The molecule has 2 aromatic rings. The SMILES string of the molecule is CCCCCCCC(=O)Nc1ccc2c(C(F)(F)F)cc(=O)oc2c1. The van der Waals surface area contributed by atoms with Crippen LogP contribution in [0.3, 0.4) is 0 Å². The van der Waals surface area contributed by atoms with Gasteiger partial charge in [-0.05, 0) is 18.6 Å². The van der Waals surface area contributed by atoms with E-state index in [0.717, 1.165) is 32.1 Å². The number of fused-ring (bicyclic) bond motifs is 1. The summed E-state index contributed by atoms with van der Waals surface area (Å²) in [7, 11) is 0. The summed E-state index contributed by atoms with van der Waals surface area (Å²) in [6, 6.07) is 4.22. The molecule has 136 valence electrons. The lowest BCUT2D eigenvalue weighted by Gasteiger charge is -2.10. The molecular formula is C18H20F3NO3. The molecule has 0 unspecified atom stereocenters. The lowest BCUT2D eigenvalue weighted by atomic mass is 10.1. The molecule has 0 fully saturated rings. The van der Waals surface area contributed by atoms with Gasteiger partial charge in [0.25, 0.3) is 0 Å². The second-order valence-corrected chi connectivity index (χ2v) is 5.90. The van der Waals surface area contributed by atoms with Crippen molar-refractivity contribution in [3.05, 3.63) is 40.2 Å². The van der Waals surface area contributed by atoms with E-state index in [-0.39, 0.29) is 16.9 Å². The molecule has 0 saturated carbocycles. The van der Waals surface area contributed by atoms with E-state index in [0.29, 0.717) is 18.2 Å². The second-order valence-electron chi connectivity index (χ2n) is 5.90. The third-order valence-corrected chi connectivity index (χ3v) is 3.84. The number of unbranched alkanes of at least 4 members (excludes halogenated alkanes) is 4. The average molecular weight is 355 g/mol. The Bertz CT molecular complexity index is 796. The van der Waals surface area contributed by atoms with Gasteiger partial charge < -0.3 is 9.73 Å². The quantitative estimate of drug-likeness (QED) is 0.554. The Labute approximate surface area is 143 Å². The van der Waals surface area contributed by atoms with Gasteiger partial charge in [-0.15, -0.1) is 0 Å². The lowest BCUT2D eigenvalue weighted by Crippen LogP contribution is -2.13. The highest BCUT2D eigenvalue weighted by Gasteiger charge is 2.33. The highest BCUT2D eigenvalue weighted by molar-refractivity contribution is 5.93. The first-order valence-corrected chi connectivity index (χ1v) is 8.26. The van der Waals surface area contributed by atoms with Crippen molar-refractivity contribution in [3.63, 3.8) is 0 Å². The topological polar surface area (TPSA) is 59.3 Å². The molecule has 7 heteroatoms. The van der Waals surface area contributed by atoms with Crippen LogP contribution in [-0.2, 0) is 11.0 Å². The number of carbonyl (C=O) groups is 1. The number of amides is 1. The molecule has 25 heavy (non-hydrogen) atoms. The van der Waals surface area contributed by atoms with E-state index >= 15 is 0 Å². The van der Waals surface area contributed by atoms with Gasteiger partial charge in [-0.3, -0.25) is 4.79 Å². The minimum atomic E-state index is -4.66. The van der Waals surface area contributed by atoms with Crippen LogP contribution in [0.2, 0.25) is 0 Å². The Morgan fingerprint density at radius 3 is 2.52 bits per heavy atom. The molecule has 1 amide bonds. The predicted molar refractivity (Wildman–Crippen MR) is 89.5 cm³/mol. The lowest BCUT2D eigenvalue weighted by molar-refractivity contribution is -0.136. The molecule has 0 aliphatic rings. The summed E-state index contributed by atoms with van der Waals surface area (Å²) in [5.74, 6) is -0.217. The predicted octanol–water partition coefficient (Wildman–Crippen LogP) is 5.11. The van der Waals surface area contributed by atoms with Crippen LogP contribution in [0.15, 0.2) is 33.5 Å². The number of benzene rings is 1. The van der Waals surface area contributed by atoms with Gasteiger partial charge >= 0.3 is 11.8 Å². The molecule has 0 radical (unpaired) electrons. The largest absolute Gasteiger partial charge is 0.423 e. The van der Waals surface area contributed by atoms with E-state index in [2.05, 4.69) is 12.2 Å². The standard InChI is InChI=1S/C18H20F3NO3/c1-2-3-4-5-6-7-16(23)22-12-8-9-13-14(18(19,20)21)11-17(24)25-15(13)10-12/h8-11H,2-7H2,1H3,(H,22,23). The fraction of sp³-hybridized carbons (Fsp3) is 0.444. The zero-order chi connectivity index (χ0) is 18.4. The Kier molecular flexibility index (Phi) is 6.22. The minimum Gasteiger partial charge on any atom is -0.423 e. The molecule has 2 rings (SSSR count). The molecule has 0 bridgehead atoms. The van der Waals surface area contributed by atoms with Crippen molar-refractivity contribution in [2.75, 3.05) is 5.32 Å².